The Balaban J connectivity index is 1.50. The summed E-state index contributed by atoms with van der Waals surface area (Å²) in [7, 11) is 1.51. The number of aromatic nitrogens is 1. The number of amides is 1. The quantitative estimate of drug-likeness (QED) is 0.358. The molecule has 1 aliphatic heterocycles. The van der Waals surface area contributed by atoms with Gasteiger partial charge in [0.05, 0.1) is 24.9 Å². The zero-order chi connectivity index (χ0) is 25.0. The number of para-hydroxylation sites is 1. The molecule has 2 aromatic carbocycles. The second-order valence-corrected chi connectivity index (χ2v) is 12.0. The molecule has 1 saturated carbocycles. The van der Waals surface area contributed by atoms with Crippen LogP contribution in [0.2, 0.25) is 0 Å². The van der Waals surface area contributed by atoms with Crippen LogP contribution in [0.1, 0.15) is 50.4 Å². The summed E-state index contributed by atoms with van der Waals surface area (Å²) in [4.78, 5) is 15.3. The topological polar surface area (TPSA) is 79.4 Å². The maximum Gasteiger partial charge on any atom is 0.299 e. The number of carbonyl (C=O) groups excluding carboxylic acids is 1. The first-order chi connectivity index (χ1) is 16.6. The van der Waals surface area contributed by atoms with E-state index in [-0.39, 0.29) is 11.3 Å². The van der Waals surface area contributed by atoms with Crippen molar-refractivity contribution in [1.82, 2.24) is 9.47 Å². The molecule has 8 heteroatoms. The smallest absolute Gasteiger partial charge is 0.299 e. The van der Waals surface area contributed by atoms with Gasteiger partial charge in [0.15, 0.2) is 5.69 Å². The van der Waals surface area contributed by atoms with Crippen LogP contribution in [-0.4, -0.2) is 40.2 Å². The normalized spacial score (nSPS) is 23.9. The van der Waals surface area contributed by atoms with Gasteiger partial charge >= 0.3 is 0 Å². The van der Waals surface area contributed by atoms with Crippen LogP contribution < -0.4 is 4.74 Å². The Hall–Kier alpha value is -2.71. The van der Waals surface area contributed by atoms with Gasteiger partial charge in [0.2, 0.25) is 5.88 Å². The Bertz CT molecular complexity index is 1330. The van der Waals surface area contributed by atoms with Gasteiger partial charge < -0.3 is 9.84 Å². The summed E-state index contributed by atoms with van der Waals surface area (Å²) in [5.41, 5.74) is 2.07. The Morgan fingerprint density at radius 1 is 1.20 bits per heavy atom. The molecule has 2 atom stereocenters. The highest BCUT2D eigenvalue weighted by atomic mass is 79.9. The number of likely N-dealkylation sites (tertiary alicyclic amines) is 1. The molecule has 0 radical (unpaired) electrons. The summed E-state index contributed by atoms with van der Waals surface area (Å²) in [6.45, 7) is 8.67. The van der Waals surface area contributed by atoms with E-state index in [0.29, 0.717) is 35.1 Å². The predicted molar refractivity (Wildman–Crippen MR) is 139 cm³/mol. The van der Waals surface area contributed by atoms with Crippen LogP contribution in [0, 0.1) is 10.8 Å². The van der Waals surface area contributed by atoms with Crippen LogP contribution in [-0.2, 0) is 6.67 Å². The lowest BCUT2D eigenvalue weighted by molar-refractivity contribution is 0.0992. The predicted octanol–water partition coefficient (Wildman–Crippen LogP) is 6.90. The van der Waals surface area contributed by atoms with Crippen LogP contribution >= 0.6 is 15.9 Å². The van der Waals surface area contributed by atoms with Crippen molar-refractivity contribution in [2.45, 2.75) is 52.7 Å². The van der Waals surface area contributed by atoms with Crippen molar-refractivity contribution in [3.63, 3.8) is 0 Å². The lowest BCUT2D eigenvalue weighted by atomic mass is 9.65. The van der Waals surface area contributed by atoms with Crippen LogP contribution in [0.5, 0.6) is 11.6 Å². The molecule has 1 amide bonds. The molecule has 0 spiro atoms. The summed E-state index contributed by atoms with van der Waals surface area (Å²) < 4.78 is 8.03. The average molecular weight is 539 g/mol. The molecule has 35 heavy (non-hydrogen) atoms. The largest absolute Gasteiger partial charge is 0.496 e. The number of fused-ring (bicyclic) bond motifs is 3. The Morgan fingerprint density at radius 2 is 1.97 bits per heavy atom. The van der Waals surface area contributed by atoms with Crippen molar-refractivity contribution in [2.24, 2.45) is 21.1 Å². The highest BCUT2D eigenvalue weighted by molar-refractivity contribution is 9.10. The van der Waals surface area contributed by atoms with Gasteiger partial charge in [0, 0.05) is 22.4 Å². The van der Waals surface area contributed by atoms with Gasteiger partial charge in [-0.05, 0) is 60.4 Å². The van der Waals surface area contributed by atoms with E-state index in [4.69, 9.17) is 4.74 Å². The van der Waals surface area contributed by atoms with E-state index in [1.807, 2.05) is 22.8 Å². The third kappa shape index (κ3) is 4.49. The molecule has 2 aliphatic rings. The van der Waals surface area contributed by atoms with E-state index >= 15 is 0 Å². The molecule has 2 unspecified atom stereocenters. The first-order valence-electron chi connectivity index (χ1n) is 11.9. The van der Waals surface area contributed by atoms with Gasteiger partial charge in [-0.2, -0.15) is 0 Å². The molecular formula is C27H31BrN4O3. The minimum atomic E-state index is -0.527. The van der Waals surface area contributed by atoms with Gasteiger partial charge in [-0.3, -0.25) is 14.3 Å². The van der Waals surface area contributed by atoms with E-state index in [2.05, 4.69) is 51.8 Å². The Kier molecular flexibility index (Phi) is 6.00. The number of carbonyl (C=O) groups is 1. The fourth-order valence-corrected chi connectivity index (χ4v) is 6.79. The summed E-state index contributed by atoms with van der Waals surface area (Å²) in [5.74, 6) is -0.0794. The lowest BCUT2D eigenvalue weighted by Crippen LogP contribution is -2.35. The molecule has 1 aliphatic carbocycles. The fourth-order valence-electron chi connectivity index (χ4n) is 6.43. The number of azo groups is 1. The number of rotatable bonds is 5. The maximum atomic E-state index is 12.8. The highest BCUT2D eigenvalue weighted by Gasteiger charge is 2.49. The number of halogens is 1. The molecule has 3 aromatic rings. The lowest BCUT2D eigenvalue weighted by Gasteiger charge is -2.40. The highest BCUT2D eigenvalue weighted by Crippen LogP contribution is 2.53. The fraction of sp³-hybridized carbons (Fsp3) is 0.444. The second kappa shape index (κ2) is 8.75. The van der Waals surface area contributed by atoms with Crippen LogP contribution in [0.4, 0.5) is 5.69 Å². The number of benzene rings is 2. The van der Waals surface area contributed by atoms with E-state index in [9.17, 15) is 9.90 Å². The number of hydrogen-bond acceptors (Lipinski definition) is 5. The SMILES string of the molecule is COc1ccccc1C(=O)N=Nc1c(O)n(CN2CC3(C)CC2CC(C)(C)C3)c2ccc(Br)cc12. The molecule has 2 heterocycles. The average Bonchev–Trinajstić information content (AvgIpc) is 3.19. The third-order valence-corrected chi connectivity index (χ3v) is 7.89. The Labute approximate surface area is 213 Å². The van der Waals surface area contributed by atoms with Crippen LogP contribution in [0.15, 0.2) is 57.2 Å². The van der Waals surface area contributed by atoms with Crippen molar-refractivity contribution in [3.05, 3.63) is 52.5 Å². The van der Waals surface area contributed by atoms with E-state index in [0.717, 1.165) is 28.3 Å². The minimum absolute atomic E-state index is 0.0144. The van der Waals surface area contributed by atoms with Crippen LogP contribution in [0.25, 0.3) is 10.9 Å². The van der Waals surface area contributed by atoms with Crippen molar-refractivity contribution >= 4 is 38.4 Å². The number of aromatic hydroxyl groups is 1. The molecule has 1 aromatic heterocycles. The monoisotopic (exact) mass is 538 g/mol. The molecule has 2 bridgehead atoms. The van der Waals surface area contributed by atoms with Crippen molar-refractivity contribution in [2.75, 3.05) is 13.7 Å². The van der Waals surface area contributed by atoms with Crippen LogP contribution in [0.3, 0.4) is 0 Å². The molecule has 1 saturated heterocycles. The molecule has 1 N–H and O–H groups in total. The Morgan fingerprint density at radius 3 is 2.74 bits per heavy atom. The molecule has 5 rings (SSSR count). The number of nitrogens with zero attached hydrogens (tertiary/aromatic N) is 4. The molecule has 7 nitrogen and oxygen atoms in total. The van der Waals surface area contributed by atoms with Gasteiger partial charge in [0.25, 0.3) is 5.91 Å². The van der Waals surface area contributed by atoms with E-state index in [1.165, 1.54) is 20.0 Å². The number of hydrogen-bond donors (Lipinski definition) is 1. The zero-order valence-corrected chi connectivity index (χ0v) is 22.2. The number of ether oxygens (including phenoxy) is 1. The molecular weight excluding hydrogens is 508 g/mol. The summed E-state index contributed by atoms with van der Waals surface area (Å²) in [6.07, 6.45) is 3.54. The van der Waals surface area contributed by atoms with Crippen molar-refractivity contribution in [3.8, 4) is 11.6 Å². The summed E-state index contributed by atoms with van der Waals surface area (Å²) in [6, 6.07) is 13.2. The first-order valence-corrected chi connectivity index (χ1v) is 12.7. The summed E-state index contributed by atoms with van der Waals surface area (Å²) in [5, 5.41) is 20.2. The van der Waals surface area contributed by atoms with Crippen molar-refractivity contribution in [1.29, 1.82) is 0 Å². The van der Waals surface area contributed by atoms with E-state index in [1.54, 1.807) is 24.3 Å². The zero-order valence-electron chi connectivity index (χ0n) is 20.6. The summed E-state index contributed by atoms with van der Waals surface area (Å²) >= 11 is 3.52. The van der Waals surface area contributed by atoms with Gasteiger partial charge in [-0.25, -0.2) is 0 Å². The molecule has 2 fully saturated rings. The number of methoxy groups -OCH3 is 1. The minimum Gasteiger partial charge on any atom is -0.496 e. The standard InChI is InChI=1S/C27H31BrN4O3/c1-26(2)12-18-13-27(3,14-26)15-31(18)16-32-21-10-9-17(28)11-20(21)23(25(32)34)29-30-24(33)19-7-5-6-8-22(19)35-4/h5-11,18,34H,12-16H2,1-4H3. The van der Waals surface area contributed by atoms with Crippen molar-refractivity contribution < 1.29 is 14.6 Å². The first kappa shape index (κ1) is 24.0. The van der Waals surface area contributed by atoms with Gasteiger partial charge in [-0.15, -0.1) is 10.2 Å². The van der Waals surface area contributed by atoms with E-state index < -0.39 is 5.91 Å². The molecule has 184 valence electrons. The van der Waals surface area contributed by atoms with Gasteiger partial charge in [-0.1, -0.05) is 48.8 Å². The van der Waals surface area contributed by atoms with Gasteiger partial charge in [0.1, 0.15) is 5.75 Å². The maximum absolute atomic E-state index is 12.8. The third-order valence-electron chi connectivity index (χ3n) is 7.40. The second-order valence-electron chi connectivity index (χ2n) is 11.1.